The third-order valence-corrected chi connectivity index (χ3v) is 6.58. The summed E-state index contributed by atoms with van der Waals surface area (Å²) in [6, 6.07) is 8.76. The molecule has 1 unspecified atom stereocenters. The Morgan fingerprint density at radius 1 is 1.20 bits per heavy atom. The lowest BCUT2D eigenvalue weighted by atomic mass is 9.91. The summed E-state index contributed by atoms with van der Waals surface area (Å²) in [6.45, 7) is 1.82. The van der Waals surface area contributed by atoms with Gasteiger partial charge in [0, 0.05) is 16.3 Å². The summed E-state index contributed by atoms with van der Waals surface area (Å²) in [7, 11) is 0. The van der Waals surface area contributed by atoms with Gasteiger partial charge >= 0.3 is 6.03 Å². The van der Waals surface area contributed by atoms with Crippen molar-refractivity contribution in [2.45, 2.75) is 19.0 Å². The Labute approximate surface area is 179 Å². The number of benzene rings is 1. The number of thiazole rings is 1. The topological polar surface area (TPSA) is 106 Å². The van der Waals surface area contributed by atoms with Crippen LogP contribution in [0.5, 0.6) is 0 Å². The maximum Gasteiger partial charge on any atom is 0.325 e. The number of urea groups is 1. The number of hydrogen-bond acceptors (Lipinski definition) is 8. The molecule has 150 valence electrons. The fourth-order valence-electron chi connectivity index (χ4n) is 3.34. The smallest absolute Gasteiger partial charge is 0.319 e. The Bertz CT molecular complexity index is 1220. The minimum absolute atomic E-state index is 0.119. The molecule has 1 aromatic carbocycles. The number of rotatable bonds is 5. The van der Waals surface area contributed by atoms with Gasteiger partial charge in [-0.3, -0.25) is 9.69 Å². The van der Waals surface area contributed by atoms with Crippen LogP contribution in [-0.2, 0) is 16.9 Å². The van der Waals surface area contributed by atoms with Crippen molar-refractivity contribution in [2.24, 2.45) is 0 Å². The van der Waals surface area contributed by atoms with Crippen LogP contribution in [0.25, 0.3) is 16.3 Å². The van der Waals surface area contributed by atoms with Crippen molar-refractivity contribution in [3.8, 4) is 16.3 Å². The summed E-state index contributed by atoms with van der Waals surface area (Å²) in [5, 5.41) is 20.7. The SMILES string of the molecule is CC1(c2cccc(-n3cnnn3)c2)NC(=O)N(Cc2csc(-c3ccsc3)n2)C1=O. The van der Waals surface area contributed by atoms with Gasteiger partial charge in [0.05, 0.1) is 17.9 Å². The van der Waals surface area contributed by atoms with Gasteiger partial charge in [0.15, 0.2) is 0 Å². The zero-order valence-corrected chi connectivity index (χ0v) is 17.4. The standard InChI is InChI=1S/C19H15N7O2S2/c1-19(13-3-2-4-15(7-13)26-11-20-23-24-26)17(27)25(18(28)22-19)8-14-10-30-16(21-14)12-5-6-29-9-12/h2-7,9-11H,8H2,1H3,(H,22,28). The minimum atomic E-state index is -1.19. The van der Waals surface area contributed by atoms with Crippen LogP contribution in [0, 0.1) is 0 Å². The first-order valence-electron chi connectivity index (χ1n) is 8.99. The molecule has 1 aliphatic heterocycles. The molecule has 1 aliphatic rings. The first-order valence-corrected chi connectivity index (χ1v) is 10.8. The zero-order valence-electron chi connectivity index (χ0n) is 15.7. The molecule has 30 heavy (non-hydrogen) atoms. The highest BCUT2D eigenvalue weighted by Crippen LogP contribution is 2.32. The van der Waals surface area contributed by atoms with E-state index in [9.17, 15) is 9.59 Å². The van der Waals surface area contributed by atoms with Gasteiger partial charge in [-0.25, -0.2) is 14.5 Å². The van der Waals surface area contributed by atoms with E-state index in [0.717, 1.165) is 10.6 Å². The first-order chi connectivity index (χ1) is 14.5. The molecular weight excluding hydrogens is 422 g/mol. The third-order valence-electron chi connectivity index (χ3n) is 4.95. The second kappa shape index (κ2) is 7.11. The van der Waals surface area contributed by atoms with E-state index < -0.39 is 11.6 Å². The number of nitrogens with one attached hydrogen (secondary N) is 1. The summed E-state index contributed by atoms with van der Waals surface area (Å²) in [5.74, 6) is -0.327. The van der Waals surface area contributed by atoms with Gasteiger partial charge in [0.25, 0.3) is 5.91 Å². The molecule has 1 fully saturated rings. The van der Waals surface area contributed by atoms with E-state index in [4.69, 9.17) is 0 Å². The number of carbonyl (C=O) groups is 2. The fraction of sp³-hybridized carbons (Fsp3) is 0.158. The highest BCUT2D eigenvalue weighted by Gasteiger charge is 2.49. The van der Waals surface area contributed by atoms with Gasteiger partial charge in [-0.2, -0.15) is 11.3 Å². The lowest BCUT2D eigenvalue weighted by Crippen LogP contribution is -2.40. The molecule has 1 N–H and O–H groups in total. The number of tetrazole rings is 1. The van der Waals surface area contributed by atoms with E-state index in [0.29, 0.717) is 16.9 Å². The van der Waals surface area contributed by atoms with Gasteiger partial charge in [-0.05, 0) is 46.5 Å². The molecule has 11 heteroatoms. The van der Waals surface area contributed by atoms with Crippen LogP contribution >= 0.6 is 22.7 Å². The number of aromatic nitrogens is 5. The third kappa shape index (κ3) is 3.08. The molecule has 0 spiro atoms. The second-order valence-corrected chi connectivity index (χ2v) is 8.55. The lowest BCUT2D eigenvalue weighted by Gasteiger charge is -2.22. The number of nitrogens with zero attached hydrogens (tertiary/aromatic N) is 6. The molecule has 3 aromatic heterocycles. The Hall–Kier alpha value is -3.44. The molecule has 1 atom stereocenters. The van der Waals surface area contributed by atoms with Crippen molar-refractivity contribution in [1.29, 1.82) is 0 Å². The van der Waals surface area contributed by atoms with Crippen molar-refractivity contribution < 1.29 is 9.59 Å². The van der Waals surface area contributed by atoms with E-state index in [2.05, 4.69) is 25.8 Å². The largest absolute Gasteiger partial charge is 0.325 e. The van der Waals surface area contributed by atoms with E-state index in [1.54, 1.807) is 36.5 Å². The molecule has 0 bridgehead atoms. The Kier molecular flexibility index (Phi) is 4.40. The number of thiophene rings is 1. The van der Waals surface area contributed by atoms with Gasteiger partial charge in [-0.15, -0.1) is 16.4 Å². The molecule has 0 saturated carbocycles. The van der Waals surface area contributed by atoms with Crippen LogP contribution in [0.15, 0.2) is 52.8 Å². The Morgan fingerprint density at radius 3 is 2.87 bits per heavy atom. The minimum Gasteiger partial charge on any atom is -0.319 e. The number of carbonyl (C=O) groups excluding carboxylic acids is 2. The van der Waals surface area contributed by atoms with Crippen molar-refractivity contribution in [2.75, 3.05) is 0 Å². The molecule has 9 nitrogen and oxygen atoms in total. The summed E-state index contributed by atoms with van der Waals surface area (Å²) < 4.78 is 1.49. The quantitative estimate of drug-likeness (QED) is 0.481. The Morgan fingerprint density at radius 2 is 2.10 bits per heavy atom. The summed E-state index contributed by atoms with van der Waals surface area (Å²) >= 11 is 3.09. The average Bonchev–Trinajstić information content (AvgIpc) is 3.54. The lowest BCUT2D eigenvalue weighted by molar-refractivity contribution is -0.131. The monoisotopic (exact) mass is 437 g/mol. The average molecular weight is 438 g/mol. The van der Waals surface area contributed by atoms with Crippen LogP contribution in [0.4, 0.5) is 4.79 Å². The molecule has 4 aromatic rings. The van der Waals surface area contributed by atoms with Crippen LogP contribution in [0.2, 0.25) is 0 Å². The number of imide groups is 1. The fourth-order valence-corrected chi connectivity index (χ4v) is 4.86. The van der Waals surface area contributed by atoms with Gasteiger partial charge in [0.2, 0.25) is 0 Å². The molecule has 5 rings (SSSR count). The number of hydrogen-bond donors (Lipinski definition) is 1. The van der Waals surface area contributed by atoms with Gasteiger partial charge in [0.1, 0.15) is 16.9 Å². The van der Waals surface area contributed by atoms with E-state index >= 15 is 0 Å². The van der Waals surface area contributed by atoms with E-state index in [1.807, 2.05) is 28.3 Å². The van der Waals surface area contributed by atoms with Crippen molar-refractivity contribution in [3.05, 3.63) is 64.1 Å². The summed E-state index contributed by atoms with van der Waals surface area (Å²) in [4.78, 5) is 31.7. The second-order valence-electron chi connectivity index (χ2n) is 6.91. The maximum atomic E-state index is 13.2. The number of amides is 3. The van der Waals surface area contributed by atoms with Crippen molar-refractivity contribution in [1.82, 2.24) is 35.4 Å². The van der Waals surface area contributed by atoms with Gasteiger partial charge in [-0.1, -0.05) is 12.1 Å². The summed E-state index contributed by atoms with van der Waals surface area (Å²) in [6.07, 6.45) is 1.47. The van der Waals surface area contributed by atoms with Crippen LogP contribution in [-0.4, -0.2) is 42.0 Å². The van der Waals surface area contributed by atoms with Crippen LogP contribution in [0.1, 0.15) is 18.2 Å². The molecule has 1 saturated heterocycles. The molecule has 4 heterocycles. The zero-order chi connectivity index (χ0) is 20.7. The predicted octanol–water partition coefficient (Wildman–Crippen LogP) is 2.81. The summed E-state index contributed by atoms with van der Waals surface area (Å²) in [5.41, 5.74) is 1.87. The normalized spacial score (nSPS) is 18.8. The first kappa shape index (κ1) is 18.6. The molecule has 0 aliphatic carbocycles. The van der Waals surface area contributed by atoms with Crippen molar-refractivity contribution >= 4 is 34.6 Å². The van der Waals surface area contributed by atoms with E-state index in [1.165, 1.54) is 27.2 Å². The predicted molar refractivity (Wildman–Crippen MR) is 111 cm³/mol. The highest BCUT2D eigenvalue weighted by molar-refractivity contribution is 7.14. The van der Waals surface area contributed by atoms with Gasteiger partial charge < -0.3 is 5.32 Å². The van der Waals surface area contributed by atoms with Crippen molar-refractivity contribution in [3.63, 3.8) is 0 Å². The van der Waals surface area contributed by atoms with Crippen LogP contribution < -0.4 is 5.32 Å². The van der Waals surface area contributed by atoms with E-state index in [-0.39, 0.29) is 12.5 Å². The highest BCUT2D eigenvalue weighted by atomic mass is 32.1. The Balaban J connectivity index is 1.41. The van der Waals surface area contributed by atoms with Crippen LogP contribution in [0.3, 0.4) is 0 Å². The molecule has 0 radical (unpaired) electrons. The maximum absolute atomic E-state index is 13.2. The molecule has 3 amide bonds. The molecular formula is C19H15N7O2S2.